The SMILES string of the molecule is C=CC(=O)OCCCC1CC2CC1C1CC3OC3C21. The van der Waals surface area contributed by atoms with E-state index in [0.29, 0.717) is 18.8 Å². The second-order valence-corrected chi connectivity index (χ2v) is 6.79. The number of carbonyl (C=O) groups excluding carboxylic acids is 1. The molecule has 1 aliphatic heterocycles. The van der Waals surface area contributed by atoms with E-state index in [4.69, 9.17) is 9.47 Å². The van der Waals surface area contributed by atoms with Crippen LogP contribution in [0.3, 0.4) is 0 Å². The third kappa shape index (κ3) is 1.85. The Kier molecular flexibility index (Phi) is 2.73. The molecule has 0 aromatic carbocycles. The van der Waals surface area contributed by atoms with Gasteiger partial charge in [-0.15, -0.1) is 0 Å². The summed E-state index contributed by atoms with van der Waals surface area (Å²) in [5.41, 5.74) is 0. The highest BCUT2D eigenvalue weighted by Crippen LogP contribution is 2.66. The lowest BCUT2D eigenvalue weighted by Crippen LogP contribution is -2.28. The van der Waals surface area contributed by atoms with Crippen LogP contribution < -0.4 is 0 Å². The van der Waals surface area contributed by atoms with E-state index in [-0.39, 0.29) is 5.97 Å². The lowest BCUT2D eigenvalue weighted by atomic mass is 9.74. The highest BCUT2D eigenvalue weighted by molar-refractivity contribution is 5.81. The molecule has 3 nitrogen and oxygen atoms in total. The van der Waals surface area contributed by atoms with Crippen molar-refractivity contribution in [3.05, 3.63) is 12.7 Å². The van der Waals surface area contributed by atoms with Gasteiger partial charge in [-0.2, -0.15) is 0 Å². The minimum Gasteiger partial charge on any atom is -0.463 e. The summed E-state index contributed by atoms with van der Waals surface area (Å²) >= 11 is 0. The average Bonchev–Trinajstić information content (AvgIpc) is 2.79. The van der Waals surface area contributed by atoms with Crippen molar-refractivity contribution in [1.82, 2.24) is 0 Å². The van der Waals surface area contributed by atoms with Crippen molar-refractivity contribution < 1.29 is 14.3 Å². The molecule has 4 rings (SSSR count). The molecule has 0 aromatic rings. The number of esters is 1. The summed E-state index contributed by atoms with van der Waals surface area (Å²) in [4.78, 5) is 11.0. The molecule has 4 aliphatic rings. The van der Waals surface area contributed by atoms with Gasteiger partial charge < -0.3 is 9.47 Å². The van der Waals surface area contributed by atoms with Gasteiger partial charge in [0.1, 0.15) is 0 Å². The number of carbonyl (C=O) groups is 1. The van der Waals surface area contributed by atoms with Gasteiger partial charge >= 0.3 is 5.97 Å². The predicted octanol–water partition coefficient (Wildman–Crippen LogP) is 2.56. The molecule has 0 radical (unpaired) electrons. The van der Waals surface area contributed by atoms with Crippen LogP contribution in [0.1, 0.15) is 32.1 Å². The Morgan fingerprint density at radius 3 is 3.05 bits per heavy atom. The first kappa shape index (κ1) is 12.0. The summed E-state index contributed by atoms with van der Waals surface area (Å²) in [6, 6.07) is 0. The normalized spacial score (nSPS) is 48.7. The summed E-state index contributed by atoms with van der Waals surface area (Å²) in [6.07, 6.45) is 8.93. The Hall–Kier alpha value is -0.830. The van der Waals surface area contributed by atoms with Gasteiger partial charge in [0.15, 0.2) is 0 Å². The van der Waals surface area contributed by atoms with Gasteiger partial charge in [0.25, 0.3) is 0 Å². The number of fused-ring (bicyclic) bond motifs is 7. The largest absolute Gasteiger partial charge is 0.463 e. The van der Waals surface area contributed by atoms with Crippen molar-refractivity contribution in [2.75, 3.05) is 6.61 Å². The molecule has 4 fully saturated rings. The molecule has 7 atom stereocenters. The summed E-state index contributed by atoms with van der Waals surface area (Å²) < 4.78 is 10.8. The van der Waals surface area contributed by atoms with E-state index in [1.165, 1.54) is 31.8 Å². The molecule has 1 heterocycles. The predicted molar refractivity (Wildman–Crippen MR) is 70.4 cm³/mol. The number of hydrogen-bond acceptors (Lipinski definition) is 3. The van der Waals surface area contributed by atoms with Crippen LogP contribution in [0.4, 0.5) is 0 Å². The van der Waals surface area contributed by atoms with Crippen LogP contribution in [0, 0.1) is 29.6 Å². The van der Waals surface area contributed by atoms with Crippen LogP contribution in [-0.2, 0) is 14.3 Å². The van der Waals surface area contributed by atoms with Crippen molar-refractivity contribution in [3.8, 4) is 0 Å². The number of hydrogen-bond donors (Lipinski definition) is 0. The quantitative estimate of drug-likeness (QED) is 0.331. The number of rotatable bonds is 5. The Labute approximate surface area is 114 Å². The fourth-order valence-corrected chi connectivity index (χ4v) is 5.38. The van der Waals surface area contributed by atoms with E-state index in [2.05, 4.69) is 6.58 Å². The second kappa shape index (κ2) is 4.34. The molecular weight excluding hydrogens is 240 g/mol. The van der Waals surface area contributed by atoms with Crippen molar-refractivity contribution in [2.45, 2.75) is 44.3 Å². The minimum absolute atomic E-state index is 0.291. The monoisotopic (exact) mass is 262 g/mol. The maximum Gasteiger partial charge on any atom is 0.330 e. The summed E-state index contributed by atoms with van der Waals surface area (Å²) in [6.45, 7) is 3.97. The first-order valence-electron chi connectivity index (χ1n) is 7.72. The van der Waals surface area contributed by atoms with Crippen molar-refractivity contribution in [1.29, 1.82) is 0 Å². The number of ether oxygens (including phenoxy) is 2. The molecule has 3 saturated carbocycles. The molecule has 0 spiro atoms. The first-order valence-corrected chi connectivity index (χ1v) is 7.72. The van der Waals surface area contributed by atoms with E-state index in [1.54, 1.807) is 0 Å². The smallest absolute Gasteiger partial charge is 0.330 e. The topological polar surface area (TPSA) is 38.8 Å². The summed E-state index contributed by atoms with van der Waals surface area (Å²) in [5.74, 6) is 4.34. The third-order valence-corrected chi connectivity index (χ3v) is 6.01. The van der Waals surface area contributed by atoms with Crippen LogP contribution in [0.25, 0.3) is 0 Å². The van der Waals surface area contributed by atoms with E-state index in [1.807, 2.05) is 0 Å². The van der Waals surface area contributed by atoms with Crippen molar-refractivity contribution in [2.24, 2.45) is 29.6 Å². The maximum absolute atomic E-state index is 11.0. The van der Waals surface area contributed by atoms with Crippen LogP contribution in [0.15, 0.2) is 12.7 Å². The van der Waals surface area contributed by atoms with Crippen LogP contribution in [0.2, 0.25) is 0 Å². The van der Waals surface area contributed by atoms with Gasteiger partial charge in [-0.25, -0.2) is 4.79 Å². The number of epoxide rings is 1. The molecule has 19 heavy (non-hydrogen) atoms. The maximum atomic E-state index is 11.0. The molecule has 104 valence electrons. The first-order chi connectivity index (χ1) is 9.28. The van der Waals surface area contributed by atoms with Gasteiger partial charge in [-0.3, -0.25) is 0 Å². The molecular formula is C16H22O3. The van der Waals surface area contributed by atoms with Crippen LogP contribution in [0.5, 0.6) is 0 Å². The lowest BCUT2D eigenvalue weighted by Gasteiger charge is -2.32. The molecule has 2 bridgehead atoms. The van der Waals surface area contributed by atoms with Crippen molar-refractivity contribution in [3.63, 3.8) is 0 Å². The van der Waals surface area contributed by atoms with Crippen LogP contribution >= 0.6 is 0 Å². The van der Waals surface area contributed by atoms with E-state index in [9.17, 15) is 4.79 Å². The van der Waals surface area contributed by atoms with Crippen LogP contribution in [-0.4, -0.2) is 24.8 Å². The highest BCUT2D eigenvalue weighted by atomic mass is 16.6. The Morgan fingerprint density at radius 1 is 1.32 bits per heavy atom. The molecule has 0 N–H and O–H groups in total. The van der Waals surface area contributed by atoms with E-state index < -0.39 is 0 Å². The zero-order chi connectivity index (χ0) is 13.0. The average molecular weight is 262 g/mol. The fourth-order valence-electron chi connectivity index (χ4n) is 5.38. The minimum atomic E-state index is -0.291. The molecule has 3 heteroatoms. The summed E-state index contributed by atoms with van der Waals surface area (Å²) in [7, 11) is 0. The van der Waals surface area contributed by atoms with Gasteiger partial charge in [0.05, 0.1) is 18.8 Å². The van der Waals surface area contributed by atoms with Crippen molar-refractivity contribution >= 4 is 5.97 Å². The van der Waals surface area contributed by atoms with Gasteiger partial charge in [-0.1, -0.05) is 6.58 Å². The van der Waals surface area contributed by atoms with Gasteiger partial charge in [0, 0.05) is 6.08 Å². The fraction of sp³-hybridized carbons (Fsp3) is 0.812. The Morgan fingerprint density at radius 2 is 2.21 bits per heavy atom. The van der Waals surface area contributed by atoms with Gasteiger partial charge in [0.2, 0.25) is 0 Å². The Bertz CT molecular complexity index is 405. The second-order valence-electron chi connectivity index (χ2n) is 6.79. The molecule has 0 aromatic heterocycles. The molecule has 3 aliphatic carbocycles. The Balaban J connectivity index is 1.26. The lowest BCUT2D eigenvalue weighted by molar-refractivity contribution is -0.137. The van der Waals surface area contributed by atoms with E-state index >= 15 is 0 Å². The van der Waals surface area contributed by atoms with E-state index in [0.717, 1.165) is 36.0 Å². The molecule has 7 unspecified atom stereocenters. The molecule has 1 saturated heterocycles. The summed E-state index contributed by atoms with van der Waals surface area (Å²) in [5, 5.41) is 0. The zero-order valence-corrected chi connectivity index (χ0v) is 11.3. The highest BCUT2D eigenvalue weighted by Gasteiger charge is 2.65. The standard InChI is InChI=1S/C16H22O3/c1-2-14(17)18-5-3-4-9-6-10-7-11(9)12-8-13-16(19-13)15(10)12/h2,9-13,15-16H,1,3-8H2. The third-order valence-electron chi connectivity index (χ3n) is 6.01. The zero-order valence-electron chi connectivity index (χ0n) is 11.3. The van der Waals surface area contributed by atoms with Gasteiger partial charge in [-0.05, 0) is 61.7 Å². The molecule has 0 amide bonds.